The number of carbonyl (C=O) groups excluding carboxylic acids is 2. The molecule has 4 rings (SSSR count). The molecular weight excluding hydrogens is 330 g/mol. The summed E-state index contributed by atoms with van der Waals surface area (Å²) in [5.41, 5.74) is 0.796. The van der Waals surface area contributed by atoms with E-state index in [9.17, 15) is 9.59 Å². The summed E-state index contributed by atoms with van der Waals surface area (Å²) in [6.07, 6.45) is 4.45. The van der Waals surface area contributed by atoms with Crippen molar-refractivity contribution in [3.63, 3.8) is 0 Å². The highest BCUT2D eigenvalue weighted by atomic mass is 16.2. The number of hydrogen-bond acceptors (Lipinski definition) is 5. The standard InChI is InChI=1S/C19H21N5O2/c25-17-8-7-16(24(17)15-5-2-1-3-6-15)18(26)22-11-13-23(14-12-22)19-20-9-4-10-21-19/h1-6,9-10,16H,7-8,11-14H2. The fourth-order valence-corrected chi connectivity index (χ4v) is 3.62. The summed E-state index contributed by atoms with van der Waals surface area (Å²) in [5, 5.41) is 0. The molecule has 7 nitrogen and oxygen atoms in total. The van der Waals surface area contributed by atoms with E-state index in [0.29, 0.717) is 45.0 Å². The van der Waals surface area contributed by atoms with Gasteiger partial charge in [-0.15, -0.1) is 0 Å². The average molecular weight is 351 g/mol. The molecule has 0 radical (unpaired) electrons. The molecule has 0 N–H and O–H groups in total. The van der Waals surface area contributed by atoms with Gasteiger partial charge in [0.25, 0.3) is 0 Å². The number of hydrogen-bond donors (Lipinski definition) is 0. The molecule has 0 bridgehead atoms. The summed E-state index contributed by atoms with van der Waals surface area (Å²) >= 11 is 0. The van der Waals surface area contributed by atoms with Crippen LogP contribution in [-0.4, -0.2) is 58.9 Å². The lowest BCUT2D eigenvalue weighted by Crippen LogP contribution is -2.54. The molecule has 1 atom stereocenters. The van der Waals surface area contributed by atoms with Crippen LogP contribution in [0.15, 0.2) is 48.8 Å². The van der Waals surface area contributed by atoms with Gasteiger partial charge in [-0.1, -0.05) is 18.2 Å². The zero-order valence-electron chi connectivity index (χ0n) is 14.5. The number of carbonyl (C=O) groups is 2. The lowest BCUT2D eigenvalue weighted by atomic mass is 10.1. The average Bonchev–Trinajstić information content (AvgIpc) is 3.10. The zero-order chi connectivity index (χ0) is 17.9. The number of para-hydroxylation sites is 1. The molecule has 134 valence electrons. The molecule has 2 aliphatic rings. The van der Waals surface area contributed by atoms with Crippen LogP contribution in [0.1, 0.15) is 12.8 Å². The van der Waals surface area contributed by atoms with E-state index in [1.54, 1.807) is 23.4 Å². The molecule has 0 spiro atoms. The normalized spacial score (nSPS) is 20.5. The maximum absolute atomic E-state index is 13.1. The van der Waals surface area contributed by atoms with Crippen LogP contribution in [0.4, 0.5) is 11.6 Å². The largest absolute Gasteiger partial charge is 0.337 e. The van der Waals surface area contributed by atoms with Crippen molar-refractivity contribution in [2.45, 2.75) is 18.9 Å². The Labute approximate surface area is 152 Å². The number of piperazine rings is 1. The minimum Gasteiger partial charge on any atom is -0.337 e. The highest BCUT2D eigenvalue weighted by molar-refractivity contribution is 6.03. The van der Waals surface area contributed by atoms with Crippen LogP contribution in [0.3, 0.4) is 0 Å². The minimum absolute atomic E-state index is 0.0193. The molecule has 1 aromatic carbocycles. The van der Waals surface area contributed by atoms with E-state index in [1.807, 2.05) is 35.2 Å². The lowest BCUT2D eigenvalue weighted by molar-refractivity contribution is -0.133. The first-order valence-corrected chi connectivity index (χ1v) is 8.92. The van der Waals surface area contributed by atoms with Crippen LogP contribution in [0, 0.1) is 0 Å². The molecule has 2 aliphatic heterocycles. The van der Waals surface area contributed by atoms with Gasteiger partial charge in [0.2, 0.25) is 17.8 Å². The number of amides is 2. The van der Waals surface area contributed by atoms with Gasteiger partial charge in [0, 0.05) is 50.7 Å². The van der Waals surface area contributed by atoms with Gasteiger partial charge >= 0.3 is 0 Å². The van der Waals surface area contributed by atoms with Crippen molar-refractivity contribution in [2.24, 2.45) is 0 Å². The predicted molar refractivity (Wildman–Crippen MR) is 97.8 cm³/mol. The minimum atomic E-state index is -0.399. The monoisotopic (exact) mass is 351 g/mol. The second kappa shape index (κ2) is 7.11. The molecule has 1 unspecified atom stereocenters. The second-order valence-electron chi connectivity index (χ2n) is 6.51. The zero-order valence-corrected chi connectivity index (χ0v) is 14.5. The lowest BCUT2D eigenvalue weighted by Gasteiger charge is -2.37. The van der Waals surface area contributed by atoms with Gasteiger partial charge in [-0.25, -0.2) is 9.97 Å². The number of rotatable bonds is 3. The van der Waals surface area contributed by atoms with Crippen molar-refractivity contribution in [3.05, 3.63) is 48.8 Å². The molecule has 2 amide bonds. The summed E-state index contributed by atoms with van der Waals surface area (Å²) in [5.74, 6) is 0.751. The van der Waals surface area contributed by atoms with Gasteiger partial charge < -0.3 is 9.80 Å². The quantitative estimate of drug-likeness (QED) is 0.834. The maximum atomic E-state index is 13.1. The highest BCUT2D eigenvalue weighted by Crippen LogP contribution is 2.28. The molecule has 3 heterocycles. The van der Waals surface area contributed by atoms with Gasteiger partial charge in [0.1, 0.15) is 6.04 Å². The van der Waals surface area contributed by atoms with Crippen molar-refractivity contribution in [2.75, 3.05) is 36.0 Å². The topological polar surface area (TPSA) is 69.6 Å². The van der Waals surface area contributed by atoms with Gasteiger partial charge in [0.15, 0.2) is 0 Å². The highest BCUT2D eigenvalue weighted by Gasteiger charge is 2.39. The fraction of sp³-hybridized carbons (Fsp3) is 0.368. The van der Waals surface area contributed by atoms with Crippen LogP contribution in [0.25, 0.3) is 0 Å². The van der Waals surface area contributed by atoms with Crippen LogP contribution in [-0.2, 0) is 9.59 Å². The summed E-state index contributed by atoms with van der Waals surface area (Å²) in [6.45, 7) is 2.62. The summed E-state index contributed by atoms with van der Waals surface area (Å²) in [6, 6.07) is 10.8. The van der Waals surface area contributed by atoms with Crippen molar-refractivity contribution in [1.82, 2.24) is 14.9 Å². The molecule has 2 saturated heterocycles. The third-order valence-electron chi connectivity index (χ3n) is 4.96. The van der Waals surface area contributed by atoms with Crippen LogP contribution in [0.5, 0.6) is 0 Å². The van der Waals surface area contributed by atoms with E-state index >= 15 is 0 Å². The molecule has 7 heteroatoms. The first kappa shape index (κ1) is 16.5. The van der Waals surface area contributed by atoms with Gasteiger partial charge in [-0.2, -0.15) is 0 Å². The number of benzene rings is 1. The van der Waals surface area contributed by atoms with Crippen LogP contribution >= 0.6 is 0 Å². The predicted octanol–water partition coefficient (Wildman–Crippen LogP) is 1.32. The van der Waals surface area contributed by atoms with E-state index in [4.69, 9.17) is 0 Å². The second-order valence-corrected chi connectivity index (χ2v) is 6.51. The van der Waals surface area contributed by atoms with E-state index in [1.165, 1.54) is 0 Å². The number of anilines is 2. The van der Waals surface area contributed by atoms with Gasteiger partial charge in [0.05, 0.1) is 0 Å². The third-order valence-corrected chi connectivity index (χ3v) is 4.96. The Bertz CT molecular complexity index is 775. The third kappa shape index (κ3) is 3.12. The van der Waals surface area contributed by atoms with Crippen molar-refractivity contribution in [1.29, 1.82) is 0 Å². The summed E-state index contributed by atoms with van der Waals surface area (Å²) < 4.78 is 0. The molecule has 26 heavy (non-hydrogen) atoms. The maximum Gasteiger partial charge on any atom is 0.245 e. The Morgan fingerprint density at radius 2 is 1.65 bits per heavy atom. The van der Waals surface area contributed by atoms with E-state index in [2.05, 4.69) is 14.9 Å². The fourth-order valence-electron chi connectivity index (χ4n) is 3.62. The number of nitrogens with zero attached hydrogens (tertiary/aromatic N) is 5. The molecular formula is C19H21N5O2. The molecule has 2 fully saturated rings. The Kier molecular flexibility index (Phi) is 4.51. The summed E-state index contributed by atoms with van der Waals surface area (Å²) in [7, 11) is 0. The first-order chi connectivity index (χ1) is 12.7. The van der Waals surface area contributed by atoms with Crippen molar-refractivity contribution >= 4 is 23.5 Å². The molecule has 0 saturated carbocycles. The van der Waals surface area contributed by atoms with Crippen LogP contribution < -0.4 is 9.80 Å². The molecule has 0 aliphatic carbocycles. The van der Waals surface area contributed by atoms with Gasteiger partial charge in [-0.3, -0.25) is 14.5 Å². The number of aromatic nitrogens is 2. The van der Waals surface area contributed by atoms with Crippen molar-refractivity contribution in [3.8, 4) is 0 Å². The Morgan fingerprint density at radius 3 is 2.35 bits per heavy atom. The Morgan fingerprint density at radius 1 is 0.962 bits per heavy atom. The van der Waals surface area contributed by atoms with Crippen molar-refractivity contribution < 1.29 is 9.59 Å². The smallest absolute Gasteiger partial charge is 0.245 e. The SMILES string of the molecule is O=C(C1CCC(=O)N1c1ccccc1)N1CCN(c2ncccn2)CC1. The van der Waals surface area contributed by atoms with E-state index in [-0.39, 0.29) is 11.8 Å². The first-order valence-electron chi connectivity index (χ1n) is 8.92. The van der Waals surface area contributed by atoms with Crippen LogP contribution in [0.2, 0.25) is 0 Å². The van der Waals surface area contributed by atoms with Gasteiger partial charge in [-0.05, 0) is 24.6 Å². The Balaban J connectivity index is 1.44. The summed E-state index contributed by atoms with van der Waals surface area (Å²) in [4.78, 5) is 39.5. The molecule has 1 aromatic heterocycles. The van der Waals surface area contributed by atoms with E-state index in [0.717, 1.165) is 5.69 Å². The van der Waals surface area contributed by atoms with E-state index < -0.39 is 6.04 Å². The Hall–Kier alpha value is -2.96. The molecule has 2 aromatic rings.